The topological polar surface area (TPSA) is 18.5 Å². The SMILES string of the molecule is CCOCC(F)(F)C(F)(F)COCC. The largest absolute Gasteiger partial charge is 0.375 e. The molecule has 0 saturated carbocycles. The van der Waals surface area contributed by atoms with Crippen molar-refractivity contribution in [3.8, 4) is 0 Å². The fraction of sp³-hybridized carbons (Fsp3) is 1.00. The van der Waals surface area contributed by atoms with Gasteiger partial charge in [-0.3, -0.25) is 0 Å². The van der Waals surface area contributed by atoms with Gasteiger partial charge >= 0.3 is 11.8 Å². The summed E-state index contributed by atoms with van der Waals surface area (Å²) in [5.74, 6) is -8.36. The van der Waals surface area contributed by atoms with E-state index in [0.29, 0.717) is 0 Å². The van der Waals surface area contributed by atoms with E-state index < -0.39 is 25.1 Å². The predicted octanol–water partition coefficient (Wildman–Crippen LogP) is 2.33. The Hall–Kier alpha value is -0.360. The van der Waals surface area contributed by atoms with Crippen LogP contribution in [0.25, 0.3) is 0 Å². The van der Waals surface area contributed by atoms with Crippen LogP contribution in [0.3, 0.4) is 0 Å². The van der Waals surface area contributed by atoms with Crippen LogP contribution in [0, 0.1) is 0 Å². The molecule has 0 radical (unpaired) electrons. The van der Waals surface area contributed by atoms with Crippen LogP contribution >= 0.6 is 0 Å². The van der Waals surface area contributed by atoms with Crippen LogP contribution in [-0.2, 0) is 9.47 Å². The Morgan fingerprint density at radius 1 is 0.786 bits per heavy atom. The van der Waals surface area contributed by atoms with E-state index in [1.54, 1.807) is 0 Å². The van der Waals surface area contributed by atoms with Crippen molar-refractivity contribution in [3.05, 3.63) is 0 Å². The summed E-state index contributed by atoms with van der Waals surface area (Å²) in [4.78, 5) is 0. The third-order valence-electron chi connectivity index (χ3n) is 1.51. The van der Waals surface area contributed by atoms with Crippen LogP contribution in [0.2, 0.25) is 0 Å². The van der Waals surface area contributed by atoms with Crippen molar-refractivity contribution in [2.75, 3.05) is 26.4 Å². The lowest BCUT2D eigenvalue weighted by atomic mass is 10.2. The molecule has 2 nitrogen and oxygen atoms in total. The van der Waals surface area contributed by atoms with Gasteiger partial charge in [-0.15, -0.1) is 0 Å². The molecule has 0 fully saturated rings. The first-order valence-corrected chi connectivity index (χ1v) is 4.28. The van der Waals surface area contributed by atoms with Crippen LogP contribution in [0.4, 0.5) is 17.6 Å². The number of alkyl halides is 4. The van der Waals surface area contributed by atoms with Gasteiger partial charge in [0.1, 0.15) is 13.2 Å². The van der Waals surface area contributed by atoms with E-state index in [0.717, 1.165) is 0 Å². The highest BCUT2D eigenvalue weighted by atomic mass is 19.3. The molecule has 0 heterocycles. The highest BCUT2D eigenvalue weighted by Gasteiger charge is 2.56. The molecule has 0 atom stereocenters. The van der Waals surface area contributed by atoms with Gasteiger partial charge in [-0.2, -0.15) is 17.6 Å². The molecule has 14 heavy (non-hydrogen) atoms. The third-order valence-corrected chi connectivity index (χ3v) is 1.51. The second-order valence-corrected chi connectivity index (χ2v) is 2.68. The van der Waals surface area contributed by atoms with E-state index in [2.05, 4.69) is 9.47 Å². The van der Waals surface area contributed by atoms with Gasteiger partial charge in [0.25, 0.3) is 0 Å². The third kappa shape index (κ3) is 3.79. The molecule has 0 rings (SSSR count). The van der Waals surface area contributed by atoms with Gasteiger partial charge in [-0.25, -0.2) is 0 Å². The van der Waals surface area contributed by atoms with Crippen LogP contribution in [0.5, 0.6) is 0 Å². The zero-order chi connectivity index (χ0) is 11.2. The highest BCUT2D eigenvalue weighted by molar-refractivity contribution is 4.84. The smallest absolute Gasteiger partial charge is 0.335 e. The van der Waals surface area contributed by atoms with E-state index >= 15 is 0 Å². The van der Waals surface area contributed by atoms with Crippen molar-refractivity contribution in [2.45, 2.75) is 25.7 Å². The number of hydrogen-bond donors (Lipinski definition) is 0. The van der Waals surface area contributed by atoms with Gasteiger partial charge in [-0.1, -0.05) is 0 Å². The van der Waals surface area contributed by atoms with Gasteiger partial charge in [0.15, 0.2) is 0 Å². The van der Waals surface area contributed by atoms with Gasteiger partial charge in [0.2, 0.25) is 0 Å². The number of halogens is 4. The number of rotatable bonds is 7. The fourth-order valence-electron chi connectivity index (χ4n) is 0.672. The maximum absolute atomic E-state index is 12.8. The molecule has 0 bridgehead atoms. The Bertz CT molecular complexity index is 143. The second kappa shape index (κ2) is 5.50. The molecule has 0 aromatic rings. The minimum absolute atomic E-state index is 0.0275. The molecule has 0 aromatic carbocycles. The standard InChI is InChI=1S/C8H14F4O2/c1-3-13-5-7(9,10)8(11,12)6-14-4-2/h3-6H2,1-2H3. The lowest BCUT2D eigenvalue weighted by Crippen LogP contribution is -2.47. The van der Waals surface area contributed by atoms with Crippen molar-refractivity contribution in [1.29, 1.82) is 0 Å². The predicted molar refractivity (Wildman–Crippen MR) is 42.9 cm³/mol. The Morgan fingerprint density at radius 3 is 1.29 bits per heavy atom. The van der Waals surface area contributed by atoms with E-state index in [1.807, 2.05) is 0 Å². The summed E-state index contributed by atoms with van der Waals surface area (Å²) in [6.07, 6.45) is 0. The van der Waals surface area contributed by atoms with Gasteiger partial charge in [0, 0.05) is 13.2 Å². The fourth-order valence-corrected chi connectivity index (χ4v) is 0.672. The molecule has 0 spiro atoms. The van der Waals surface area contributed by atoms with Gasteiger partial charge in [0.05, 0.1) is 0 Å². The number of hydrogen-bond acceptors (Lipinski definition) is 2. The van der Waals surface area contributed by atoms with Crippen LogP contribution in [0.15, 0.2) is 0 Å². The van der Waals surface area contributed by atoms with Crippen LogP contribution < -0.4 is 0 Å². The molecule has 0 aliphatic carbocycles. The average molecular weight is 218 g/mol. The quantitative estimate of drug-likeness (QED) is 0.610. The summed E-state index contributed by atoms with van der Waals surface area (Å²) in [6, 6.07) is 0. The normalized spacial score (nSPS) is 13.3. The first-order valence-electron chi connectivity index (χ1n) is 4.28. The molecule has 0 amide bonds. The summed E-state index contributed by atoms with van der Waals surface area (Å²) < 4.78 is 59.6. The monoisotopic (exact) mass is 218 g/mol. The molecule has 0 saturated heterocycles. The minimum atomic E-state index is -4.18. The summed E-state index contributed by atoms with van der Waals surface area (Å²) in [5.41, 5.74) is 0. The van der Waals surface area contributed by atoms with Crippen LogP contribution in [-0.4, -0.2) is 38.3 Å². The van der Waals surface area contributed by atoms with Crippen molar-refractivity contribution in [2.24, 2.45) is 0 Å². The lowest BCUT2D eigenvalue weighted by molar-refractivity contribution is -0.250. The Balaban J connectivity index is 4.20. The number of ether oxygens (including phenoxy) is 2. The Labute approximate surface area is 80.2 Å². The van der Waals surface area contributed by atoms with Crippen molar-refractivity contribution < 1.29 is 27.0 Å². The van der Waals surface area contributed by atoms with Crippen molar-refractivity contribution >= 4 is 0 Å². The summed E-state index contributed by atoms with van der Waals surface area (Å²) in [6.45, 7) is 0.279. The maximum atomic E-state index is 12.8. The second-order valence-electron chi connectivity index (χ2n) is 2.68. The first kappa shape index (κ1) is 13.6. The van der Waals surface area contributed by atoms with Crippen molar-refractivity contribution in [3.63, 3.8) is 0 Å². The highest BCUT2D eigenvalue weighted by Crippen LogP contribution is 2.34. The molecule has 0 N–H and O–H groups in total. The zero-order valence-electron chi connectivity index (χ0n) is 8.16. The molecule has 0 aliphatic heterocycles. The van der Waals surface area contributed by atoms with Gasteiger partial charge < -0.3 is 9.47 Å². The Morgan fingerprint density at radius 2 is 1.07 bits per heavy atom. The van der Waals surface area contributed by atoms with Gasteiger partial charge in [-0.05, 0) is 13.8 Å². The molecule has 0 aliphatic rings. The summed E-state index contributed by atoms with van der Waals surface area (Å²) in [5, 5.41) is 0. The first-order chi connectivity index (χ1) is 6.37. The molecule has 0 unspecified atom stereocenters. The molecular formula is C8H14F4O2. The Kier molecular flexibility index (Phi) is 5.36. The molecule has 86 valence electrons. The zero-order valence-corrected chi connectivity index (χ0v) is 8.16. The lowest BCUT2D eigenvalue weighted by Gasteiger charge is -2.25. The van der Waals surface area contributed by atoms with E-state index in [-0.39, 0.29) is 13.2 Å². The summed E-state index contributed by atoms with van der Waals surface area (Å²) >= 11 is 0. The maximum Gasteiger partial charge on any atom is 0.335 e. The van der Waals surface area contributed by atoms with E-state index in [4.69, 9.17) is 0 Å². The van der Waals surface area contributed by atoms with Crippen molar-refractivity contribution in [1.82, 2.24) is 0 Å². The van der Waals surface area contributed by atoms with E-state index in [1.165, 1.54) is 13.8 Å². The average Bonchev–Trinajstić information content (AvgIpc) is 2.11. The van der Waals surface area contributed by atoms with Crippen LogP contribution in [0.1, 0.15) is 13.8 Å². The molecular weight excluding hydrogens is 204 g/mol. The molecule has 6 heteroatoms. The minimum Gasteiger partial charge on any atom is -0.375 e. The van der Waals surface area contributed by atoms with E-state index in [9.17, 15) is 17.6 Å². The summed E-state index contributed by atoms with van der Waals surface area (Å²) in [7, 11) is 0. The molecule has 0 aromatic heterocycles.